The van der Waals surface area contributed by atoms with Crippen LogP contribution in [0.15, 0.2) is 12.4 Å². The summed E-state index contributed by atoms with van der Waals surface area (Å²) in [6, 6.07) is 0. The molecule has 0 atom stereocenters. The van der Waals surface area contributed by atoms with Crippen LogP contribution in [0.5, 0.6) is 5.75 Å². The van der Waals surface area contributed by atoms with Gasteiger partial charge in [0.1, 0.15) is 6.61 Å². The highest BCUT2D eigenvalue weighted by Gasteiger charge is 2.10. The van der Waals surface area contributed by atoms with Gasteiger partial charge in [0.25, 0.3) is 0 Å². The molecule has 16 heavy (non-hydrogen) atoms. The average Bonchev–Trinajstić information content (AvgIpc) is 2.90. The molecule has 0 aromatic carbocycles. The van der Waals surface area contributed by atoms with Gasteiger partial charge in [0.15, 0.2) is 5.75 Å². The second-order valence-corrected chi connectivity index (χ2v) is 4.12. The SMILES string of the molecule is NCCn1cc(OCCN2CCCC2)cn1. The number of hydrogen-bond donors (Lipinski definition) is 1. The first-order chi connectivity index (χ1) is 7.88. The maximum Gasteiger partial charge on any atom is 0.157 e. The molecule has 5 heteroatoms. The summed E-state index contributed by atoms with van der Waals surface area (Å²) in [4.78, 5) is 2.43. The molecule has 0 bridgehead atoms. The molecule has 1 saturated heterocycles. The molecule has 5 nitrogen and oxygen atoms in total. The van der Waals surface area contributed by atoms with Crippen LogP contribution < -0.4 is 10.5 Å². The summed E-state index contributed by atoms with van der Waals surface area (Å²) in [6.45, 7) is 5.55. The van der Waals surface area contributed by atoms with E-state index in [1.807, 2.05) is 10.9 Å². The zero-order valence-electron chi connectivity index (χ0n) is 9.64. The zero-order chi connectivity index (χ0) is 11.2. The van der Waals surface area contributed by atoms with E-state index in [2.05, 4.69) is 10.00 Å². The number of nitrogens with zero attached hydrogens (tertiary/aromatic N) is 3. The lowest BCUT2D eigenvalue weighted by Gasteiger charge is -2.13. The molecular formula is C11H20N4O. The smallest absolute Gasteiger partial charge is 0.157 e. The summed E-state index contributed by atoms with van der Waals surface area (Å²) < 4.78 is 7.44. The van der Waals surface area contributed by atoms with E-state index in [1.165, 1.54) is 25.9 Å². The fourth-order valence-electron chi connectivity index (χ4n) is 1.97. The van der Waals surface area contributed by atoms with Crippen LogP contribution in [0.2, 0.25) is 0 Å². The van der Waals surface area contributed by atoms with Gasteiger partial charge in [0.05, 0.1) is 18.9 Å². The summed E-state index contributed by atoms with van der Waals surface area (Å²) in [6.07, 6.45) is 6.30. The van der Waals surface area contributed by atoms with E-state index in [9.17, 15) is 0 Å². The quantitative estimate of drug-likeness (QED) is 0.756. The summed E-state index contributed by atoms with van der Waals surface area (Å²) in [7, 11) is 0. The van der Waals surface area contributed by atoms with Crippen LogP contribution in [0.4, 0.5) is 0 Å². The molecule has 2 rings (SSSR count). The molecular weight excluding hydrogens is 204 g/mol. The van der Waals surface area contributed by atoms with Crippen molar-refractivity contribution in [2.75, 3.05) is 32.8 Å². The molecule has 2 heterocycles. The highest BCUT2D eigenvalue weighted by molar-refractivity contribution is 5.11. The van der Waals surface area contributed by atoms with Crippen LogP contribution in [0.25, 0.3) is 0 Å². The van der Waals surface area contributed by atoms with Crippen molar-refractivity contribution in [3.8, 4) is 5.75 Å². The van der Waals surface area contributed by atoms with Crippen molar-refractivity contribution in [2.45, 2.75) is 19.4 Å². The largest absolute Gasteiger partial charge is 0.489 e. The molecule has 1 aliphatic heterocycles. The van der Waals surface area contributed by atoms with Crippen molar-refractivity contribution in [1.29, 1.82) is 0 Å². The summed E-state index contributed by atoms with van der Waals surface area (Å²) in [5.74, 6) is 0.840. The second kappa shape index (κ2) is 5.86. The second-order valence-electron chi connectivity index (χ2n) is 4.12. The molecule has 90 valence electrons. The van der Waals surface area contributed by atoms with Crippen molar-refractivity contribution in [3.63, 3.8) is 0 Å². The molecule has 0 unspecified atom stereocenters. The number of likely N-dealkylation sites (tertiary alicyclic amines) is 1. The molecule has 1 aromatic rings. The topological polar surface area (TPSA) is 56.3 Å². The molecule has 1 fully saturated rings. The third-order valence-electron chi connectivity index (χ3n) is 2.84. The van der Waals surface area contributed by atoms with E-state index in [0.717, 1.165) is 25.4 Å². The lowest BCUT2D eigenvalue weighted by Crippen LogP contribution is -2.24. The Kier molecular flexibility index (Phi) is 4.18. The Labute approximate surface area is 96.2 Å². The average molecular weight is 224 g/mol. The standard InChI is InChI=1S/C11H20N4O/c12-3-6-15-10-11(9-13-15)16-8-7-14-4-1-2-5-14/h9-10H,1-8,12H2. The number of nitrogens with two attached hydrogens (primary N) is 1. The van der Waals surface area contributed by atoms with Gasteiger partial charge in [-0.3, -0.25) is 9.58 Å². The van der Waals surface area contributed by atoms with Crippen molar-refractivity contribution < 1.29 is 4.74 Å². The zero-order valence-corrected chi connectivity index (χ0v) is 9.64. The van der Waals surface area contributed by atoms with Crippen LogP contribution in [0.3, 0.4) is 0 Å². The van der Waals surface area contributed by atoms with Crippen molar-refractivity contribution >= 4 is 0 Å². The highest BCUT2D eigenvalue weighted by atomic mass is 16.5. The van der Waals surface area contributed by atoms with Gasteiger partial charge in [-0.2, -0.15) is 5.10 Å². The molecule has 0 amide bonds. The molecule has 0 radical (unpaired) electrons. The van der Waals surface area contributed by atoms with Crippen LogP contribution in [0.1, 0.15) is 12.8 Å². The lowest BCUT2D eigenvalue weighted by molar-refractivity contribution is 0.237. The summed E-state index contributed by atoms with van der Waals surface area (Å²) >= 11 is 0. The number of aromatic nitrogens is 2. The highest BCUT2D eigenvalue weighted by Crippen LogP contribution is 2.09. The monoisotopic (exact) mass is 224 g/mol. The lowest BCUT2D eigenvalue weighted by atomic mass is 10.4. The van der Waals surface area contributed by atoms with E-state index in [4.69, 9.17) is 10.5 Å². The van der Waals surface area contributed by atoms with E-state index < -0.39 is 0 Å². The maximum atomic E-state index is 5.63. The van der Waals surface area contributed by atoms with Gasteiger partial charge in [-0.1, -0.05) is 0 Å². The molecule has 0 saturated carbocycles. The third-order valence-corrected chi connectivity index (χ3v) is 2.84. The molecule has 0 spiro atoms. The first-order valence-electron chi connectivity index (χ1n) is 5.96. The van der Waals surface area contributed by atoms with Crippen LogP contribution >= 0.6 is 0 Å². The number of hydrogen-bond acceptors (Lipinski definition) is 4. The Hall–Kier alpha value is -1.07. The van der Waals surface area contributed by atoms with Crippen LogP contribution in [-0.4, -0.2) is 47.5 Å². The van der Waals surface area contributed by atoms with Crippen molar-refractivity contribution in [3.05, 3.63) is 12.4 Å². The first kappa shape index (κ1) is 11.4. The minimum absolute atomic E-state index is 0.606. The van der Waals surface area contributed by atoms with Gasteiger partial charge >= 0.3 is 0 Å². The van der Waals surface area contributed by atoms with Gasteiger partial charge < -0.3 is 10.5 Å². The number of ether oxygens (including phenoxy) is 1. The molecule has 1 aliphatic rings. The minimum atomic E-state index is 0.606. The minimum Gasteiger partial charge on any atom is -0.489 e. The van der Waals surface area contributed by atoms with Gasteiger partial charge in [-0.05, 0) is 25.9 Å². The molecule has 2 N–H and O–H groups in total. The molecule has 0 aliphatic carbocycles. The van der Waals surface area contributed by atoms with Crippen LogP contribution in [0, 0.1) is 0 Å². The predicted molar refractivity (Wildman–Crippen MR) is 62.5 cm³/mol. The summed E-state index contributed by atoms with van der Waals surface area (Å²) in [5, 5.41) is 4.15. The fraction of sp³-hybridized carbons (Fsp3) is 0.727. The normalized spacial score (nSPS) is 16.8. The Morgan fingerprint density at radius 1 is 1.31 bits per heavy atom. The Balaban J connectivity index is 1.67. The first-order valence-corrected chi connectivity index (χ1v) is 5.96. The number of rotatable bonds is 6. The van der Waals surface area contributed by atoms with E-state index in [-0.39, 0.29) is 0 Å². The van der Waals surface area contributed by atoms with E-state index in [0.29, 0.717) is 6.54 Å². The van der Waals surface area contributed by atoms with Gasteiger partial charge in [0.2, 0.25) is 0 Å². The Morgan fingerprint density at radius 2 is 2.12 bits per heavy atom. The fourth-order valence-corrected chi connectivity index (χ4v) is 1.97. The summed E-state index contributed by atoms with van der Waals surface area (Å²) in [5.41, 5.74) is 5.44. The van der Waals surface area contributed by atoms with Gasteiger partial charge in [-0.15, -0.1) is 0 Å². The Bertz CT molecular complexity index is 307. The van der Waals surface area contributed by atoms with Crippen LogP contribution in [-0.2, 0) is 6.54 Å². The van der Waals surface area contributed by atoms with Crippen molar-refractivity contribution in [2.24, 2.45) is 5.73 Å². The molecule has 1 aromatic heterocycles. The van der Waals surface area contributed by atoms with Gasteiger partial charge in [-0.25, -0.2) is 0 Å². The maximum absolute atomic E-state index is 5.63. The van der Waals surface area contributed by atoms with Crippen molar-refractivity contribution in [1.82, 2.24) is 14.7 Å². The van der Waals surface area contributed by atoms with Gasteiger partial charge in [0, 0.05) is 13.1 Å². The predicted octanol–water partition coefficient (Wildman–Crippen LogP) is 0.316. The Morgan fingerprint density at radius 3 is 2.88 bits per heavy atom. The van der Waals surface area contributed by atoms with E-state index in [1.54, 1.807) is 6.20 Å². The van der Waals surface area contributed by atoms with E-state index >= 15 is 0 Å². The third kappa shape index (κ3) is 3.21.